The van der Waals surface area contributed by atoms with E-state index in [0.717, 1.165) is 37.1 Å². The maximum absolute atomic E-state index is 11.8. The van der Waals surface area contributed by atoms with E-state index in [4.69, 9.17) is 0 Å². The molecule has 3 nitrogen and oxygen atoms in total. The molecule has 1 aromatic rings. The fraction of sp³-hybridized carbons (Fsp3) is 0.385. The molecule has 0 atom stereocenters. The number of carbonyl (C=O) groups excluding carboxylic acids is 2. The van der Waals surface area contributed by atoms with Crippen LogP contribution in [-0.4, -0.2) is 35.9 Å². The number of amides is 1. The Morgan fingerprint density at radius 1 is 1.24 bits per heavy atom. The van der Waals surface area contributed by atoms with E-state index in [2.05, 4.69) is 0 Å². The van der Waals surface area contributed by atoms with Gasteiger partial charge in [-0.05, 0) is 25.0 Å². The summed E-state index contributed by atoms with van der Waals surface area (Å²) in [6.07, 6.45) is 3.08. The van der Waals surface area contributed by atoms with Crippen LogP contribution in [0.1, 0.15) is 23.2 Å². The van der Waals surface area contributed by atoms with Crippen LogP contribution in [0.15, 0.2) is 29.2 Å². The molecule has 0 aromatic heterocycles. The number of likely N-dealkylation sites (tertiary alicyclic amines) is 1. The Balaban J connectivity index is 1.84. The summed E-state index contributed by atoms with van der Waals surface area (Å²) in [5.74, 6) is 0.701. The lowest BCUT2D eigenvalue weighted by atomic mass is 10.2. The maximum Gasteiger partial charge on any atom is 0.232 e. The van der Waals surface area contributed by atoms with Crippen molar-refractivity contribution in [1.29, 1.82) is 0 Å². The Labute approximate surface area is 105 Å². The summed E-state index contributed by atoms with van der Waals surface area (Å²) in [5, 5.41) is 0. The molecular formula is C13H15NO2S. The monoisotopic (exact) mass is 249 g/mol. The second kappa shape index (κ2) is 5.87. The van der Waals surface area contributed by atoms with Crippen molar-refractivity contribution >= 4 is 24.0 Å². The topological polar surface area (TPSA) is 37.4 Å². The lowest BCUT2D eigenvalue weighted by Gasteiger charge is -2.14. The molecular weight excluding hydrogens is 234 g/mol. The number of hydrogen-bond donors (Lipinski definition) is 0. The average Bonchev–Trinajstić information content (AvgIpc) is 2.90. The first-order chi connectivity index (χ1) is 8.29. The molecule has 1 aliphatic rings. The fourth-order valence-corrected chi connectivity index (χ4v) is 2.65. The second-order valence-electron chi connectivity index (χ2n) is 4.06. The molecule has 1 amide bonds. The van der Waals surface area contributed by atoms with Crippen molar-refractivity contribution in [3.05, 3.63) is 29.8 Å². The molecule has 0 aliphatic carbocycles. The van der Waals surface area contributed by atoms with Crippen LogP contribution >= 0.6 is 11.8 Å². The van der Waals surface area contributed by atoms with Gasteiger partial charge in [0.2, 0.25) is 5.91 Å². The summed E-state index contributed by atoms with van der Waals surface area (Å²) in [6.45, 7) is 1.81. The molecule has 0 saturated carbocycles. The Morgan fingerprint density at radius 3 is 2.47 bits per heavy atom. The second-order valence-corrected chi connectivity index (χ2v) is 5.11. The number of hydrogen-bond acceptors (Lipinski definition) is 3. The Kier molecular flexibility index (Phi) is 4.20. The van der Waals surface area contributed by atoms with Crippen molar-refractivity contribution in [2.75, 3.05) is 18.8 Å². The van der Waals surface area contributed by atoms with Crippen molar-refractivity contribution in [3.8, 4) is 0 Å². The van der Waals surface area contributed by atoms with Crippen LogP contribution in [0.25, 0.3) is 0 Å². The molecule has 1 aliphatic heterocycles. The highest BCUT2D eigenvalue weighted by Gasteiger charge is 2.17. The number of thioether (sulfide) groups is 1. The zero-order valence-electron chi connectivity index (χ0n) is 9.59. The predicted molar refractivity (Wildman–Crippen MR) is 68.4 cm³/mol. The number of aldehydes is 1. The quantitative estimate of drug-likeness (QED) is 0.606. The van der Waals surface area contributed by atoms with E-state index in [1.807, 2.05) is 17.0 Å². The van der Waals surface area contributed by atoms with E-state index in [-0.39, 0.29) is 5.91 Å². The van der Waals surface area contributed by atoms with Gasteiger partial charge < -0.3 is 4.90 Å². The standard InChI is InChI=1S/C13H15NO2S/c15-9-11-3-5-12(6-4-11)17-10-13(16)14-7-1-2-8-14/h3-6,9H,1-2,7-8,10H2. The minimum absolute atomic E-state index is 0.215. The van der Waals surface area contributed by atoms with E-state index in [0.29, 0.717) is 11.3 Å². The SMILES string of the molecule is O=Cc1ccc(SCC(=O)N2CCCC2)cc1. The summed E-state index contributed by atoms with van der Waals surface area (Å²) in [5.41, 5.74) is 0.667. The average molecular weight is 249 g/mol. The summed E-state index contributed by atoms with van der Waals surface area (Å²) in [4.78, 5) is 25.2. The first-order valence-corrected chi connectivity index (χ1v) is 6.74. The first-order valence-electron chi connectivity index (χ1n) is 5.75. The van der Waals surface area contributed by atoms with Crippen molar-refractivity contribution < 1.29 is 9.59 Å². The summed E-state index contributed by atoms with van der Waals surface area (Å²) < 4.78 is 0. The van der Waals surface area contributed by atoms with Crippen molar-refractivity contribution in [3.63, 3.8) is 0 Å². The third-order valence-electron chi connectivity index (χ3n) is 2.84. The summed E-state index contributed by atoms with van der Waals surface area (Å²) in [7, 11) is 0. The van der Waals surface area contributed by atoms with Gasteiger partial charge in [0.15, 0.2) is 0 Å². The lowest BCUT2D eigenvalue weighted by Crippen LogP contribution is -2.29. The van der Waals surface area contributed by atoms with Crippen molar-refractivity contribution in [2.24, 2.45) is 0 Å². The van der Waals surface area contributed by atoms with E-state index >= 15 is 0 Å². The van der Waals surface area contributed by atoms with Gasteiger partial charge in [0.25, 0.3) is 0 Å². The number of benzene rings is 1. The zero-order valence-corrected chi connectivity index (χ0v) is 10.4. The number of rotatable bonds is 4. The van der Waals surface area contributed by atoms with Crippen LogP contribution in [0.2, 0.25) is 0 Å². The van der Waals surface area contributed by atoms with Crippen LogP contribution in [0, 0.1) is 0 Å². The van der Waals surface area contributed by atoms with Gasteiger partial charge in [0.05, 0.1) is 5.75 Å². The molecule has 1 aromatic carbocycles. The number of carbonyl (C=O) groups is 2. The lowest BCUT2D eigenvalue weighted by molar-refractivity contribution is -0.127. The van der Waals surface area contributed by atoms with Gasteiger partial charge in [0, 0.05) is 23.5 Å². The molecule has 0 unspecified atom stereocenters. The third-order valence-corrected chi connectivity index (χ3v) is 3.83. The van der Waals surface area contributed by atoms with Crippen LogP contribution in [0.4, 0.5) is 0 Å². The van der Waals surface area contributed by atoms with Gasteiger partial charge in [-0.2, -0.15) is 0 Å². The van der Waals surface area contributed by atoms with Crippen LogP contribution < -0.4 is 0 Å². The number of nitrogens with zero attached hydrogens (tertiary/aromatic N) is 1. The summed E-state index contributed by atoms with van der Waals surface area (Å²) >= 11 is 1.53. The highest BCUT2D eigenvalue weighted by atomic mass is 32.2. The maximum atomic E-state index is 11.8. The van der Waals surface area contributed by atoms with Crippen molar-refractivity contribution in [1.82, 2.24) is 4.90 Å². The van der Waals surface area contributed by atoms with Gasteiger partial charge in [0.1, 0.15) is 6.29 Å². The Hall–Kier alpha value is -1.29. The van der Waals surface area contributed by atoms with Gasteiger partial charge >= 0.3 is 0 Å². The molecule has 1 heterocycles. The smallest absolute Gasteiger partial charge is 0.232 e. The van der Waals surface area contributed by atoms with Gasteiger partial charge in [-0.3, -0.25) is 9.59 Å². The van der Waals surface area contributed by atoms with Crippen LogP contribution in [-0.2, 0) is 4.79 Å². The normalized spacial score (nSPS) is 14.9. The zero-order chi connectivity index (χ0) is 12.1. The molecule has 1 saturated heterocycles. The molecule has 2 rings (SSSR count). The first kappa shape index (κ1) is 12.2. The molecule has 90 valence electrons. The third kappa shape index (κ3) is 3.33. The minimum atomic E-state index is 0.215. The van der Waals surface area contributed by atoms with E-state index in [9.17, 15) is 9.59 Å². The molecule has 1 fully saturated rings. The van der Waals surface area contributed by atoms with Crippen LogP contribution in [0.3, 0.4) is 0 Å². The van der Waals surface area contributed by atoms with E-state index in [1.165, 1.54) is 11.8 Å². The Bertz CT molecular complexity index is 396. The van der Waals surface area contributed by atoms with Gasteiger partial charge in [-0.25, -0.2) is 0 Å². The fourth-order valence-electron chi connectivity index (χ4n) is 1.85. The molecule has 0 N–H and O–H groups in total. The van der Waals surface area contributed by atoms with Crippen LogP contribution in [0.5, 0.6) is 0 Å². The largest absolute Gasteiger partial charge is 0.342 e. The molecule has 0 bridgehead atoms. The highest BCUT2D eigenvalue weighted by Crippen LogP contribution is 2.19. The van der Waals surface area contributed by atoms with Crippen molar-refractivity contribution in [2.45, 2.75) is 17.7 Å². The molecule has 17 heavy (non-hydrogen) atoms. The molecule has 0 radical (unpaired) electrons. The van der Waals surface area contributed by atoms with Gasteiger partial charge in [-0.1, -0.05) is 12.1 Å². The predicted octanol–water partition coefficient (Wildman–Crippen LogP) is 2.21. The molecule has 4 heteroatoms. The van der Waals surface area contributed by atoms with E-state index in [1.54, 1.807) is 12.1 Å². The van der Waals surface area contributed by atoms with Gasteiger partial charge in [-0.15, -0.1) is 11.8 Å². The van der Waals surface area contributed by atoms with E-state index < -0.39 is 0 Å². The Morgan fingerprint density at radius 2 is 1.88 bits per heavy atom. The molecule has 0 spiro atoms. The minimum Gasteiger partial charge on any atom is -0.342 e. The summed E-state index contributed by atoms with van der Waals surface area (Å²) in [6, 6.07) is 7.31. The highest BCUT2D eigenvalue weighted by molar-refractivity contribution is 8.00.